The lowest BCUT2D eigenvalue weighted by molar-refractivity contribution is 0.0536. The lowest BCUT2D eigenvalue weighted by atomic mass is 10.1. The van der Waals surface area contributed by atoms with Crippen molar-refractivity contribution in [2.75, 3.05) is 6.61 Å². The van der Waals surface area contributed by atoms with E-state index >= 15 is 0 Å². The normalized spacial score (nSPS) is 28.6. The van der Waals surface area contributed by atoms with Crippen LogP contribution in [0.1, 0.15) is 46.0 Å². The Kier molecular flexibility index (Phi) is 4.74. The highest BCUT2D eigenvalue weighted by molar-refractivity contribution is 4.77. The summed E-state index contributed by atoms with van der Waals surface area (Å²) in [6.07, 6.45) is 6.32. The molecular formula is C11H23NO. The molecule has 0 bridgehead atoms. The minimum absolute atomic E-state index is 0.398. The molecule has 2 atom stereocenters. The van der Waals surface area contributed by atoms with Gasteiger partial charge in [-0.05, 0) is 38.0 Å². The first-order valence-corrected chi connectivity index (χ1v) is 5.55. The van der Waals surface area contributed by atoms with E-state index in [-0.39, 0.29) is 0 Å². The van der Waals surface area contributed by atoms with Crippen molar-refractivity contribution in [1.82, 2.24) is 0 Å². The number of ether oxygens (including phenoxy) is 1. The summed E-state index contributed by atoms with van der Waals surface area (Å²) in [4.78, 5) is 0. The van der Waals surface area contributed by atoms with E-state index in [1.54, 1.807) is 0 Å². The molecule has 0 radical (unpaired) electrons. The Bertz CT molecular complexity index is 136. The monoisotopic (exact) mass is 185 g/mol. The molecule has 0 aliphatic heterocycles. The van der Waals surface area contributed by atoms with E-state index in [9.17, 15) is 0 Å². The summed E-state index contributed by atoms with van der Waals surface area (Å²) in [7, 11) is 0. The molecule has 78 valence electrons. The smallest absolute Gasteiger partial charge is 0.0590 e. The van der Waals surface area contributed by atoms with Gasteiger partial charge in [-0.15, -0.1) is 0 Å². The Morgan fingerprint density at radius 3 is 2.69 bits per heavy atom. The maximum Gasteiger partial charge on any atom is 0.0590 e. The highest BCUT2D eigenvalue weighted by Crippen LogP contribution is 2.20. The lowest BCUT2D eigenvalue weighted by Gasteiger charge is -2.11. The fourth-order valence-electron chi connectivity index (χ4n) is 1.87. The fourth-order valence-corrected chi connectivity index (χ4v) is 1.87. The van der Waals surface area contributed by atoms with Crippen LogP contribution < -0.4 is 5.73 Å². The van der Waals surface area contributed by atoms with Crippen molar-refractivity contribution < 1.29 is 4.74 Å². The molecule has 0 aromatic rings. The standard InChI is InChI=1S/C11H23NO/c1-9(2)4-3-7-13-11-6-5-10(12)8-11/h9-11H,3-8,12H2,1-2H3. The van der Waals surface area contributed by atoms with Crippen molar-refractivity contribution >= 4 is 0 Å². The molecule has 0 spiro atoms. The van der Waals surface area contributed by atoms with Crippen molar-refractivity contribution in [1.29, 1.82) is 0 Å². The topological polar surface area (TPSA) is 35.2 Å². The number of rotatable bonds is 5. The summed E-state index contributed by atoms with van der Waals surface area (Å²) in [6.45, 7) is 5.44. The third kappa shape index (κ3) is 4.63. The predicted octanol–water partition coefficient (Wildman–Crippen LogP) is 2.32. The molecule has 0 saturated heterocycles. The molecule has 0 heterocycles. The summed E-state index contributed by atoms with van der Waals surface area (Å²) in [5, 5.41) is 0. The Morgan fingerprint density at radius 2 is 2.15 bits per heavy atom. The maximum absolute atomic E-state index is 5.80. The Morgan fingerprint density at radius 1 is 1.38 bits per heavy atom. The van der Waals surface area contributed by atoms with Crippen molar-refractivity contribution in [3.63, 3.8) is 0 Å². The molecule has 13 heavy (non-hydrogen) atoms. The van der Waals surface area contributed by atoms with E-state index < -0.39 is 0 Å². The molecule has 2 heteroatoms. The van der Waals surface area contributed by atoms with E-state index in [0.717, 1.165) is 25.4 Å². The third-order valence-electron chi connectivity index (χ3n) is 2.70. The van der Waals surface area contributed by atoms with Gasteiger partial charge in [0.1, 0.15) is 0 Å². The molecule has 1 aliphatic rings. The lowest BCUT2D eigenvalue weighted by Crippen LogP contribution is -2.17. The van der Waals surface area contributed by atoms with Gasteiger partial charge >= 0.3 is 0 Å². The number of nitrogens with two attached hydrogens (primary N) is 1. The zero-order chi connectivity index (χ0) is 9.68. The first kappa shape index (κ1) is 11.0. The molecule has 2 unspecified atom stereocenters. The van der Waals surface area contributed by atoms with Crippen LogP contribution in [0.5, 0.6) is 0 Å². The van der Waals surface area contributed by atoms with Gasteiger partial charge in [-0.3, -0.25) is 0 Å². The van der Waals surface area contributed by atoms with Crippen LogP contribution in [-0.4, -0.2) is 18.8 Å². The largest absolute Gasteiger partial charge is 0.378 e. The van der Waals surface area contributed by atoms with E-state index in [2.05, 4.69) is 13.8 Å². The fraction of sp³-hybridized carbons (Fsp3) is 1.00. The van der Waals surface area contributed by atoms with Gasteiger partial charge < -0.3 is 10.5 Å². The minimum Gasteiger partial charge on any atom is -0.378 e. The SMILES string of the molecule is CC(C)CCCOC1CCC(N)C1. The van der Waals surface area contributed by atoms with Gasteiger partial charge in [0.15, 0.2) is 0 Å². The average molecular weight is 185 g/mol. The van der Waals surface area contributed by atoms with Crippen molar-refractivity contribution in [2.24, 2.45) is 11.7 Å². The Balaban J connectivity index is 1.94. The highest BCUT2D eigenvalue weighted by Gasteiger charge is 2.21. The number of hydrogen-bond donors (Lipinski definition) is 1. The van der Waals surface area contributed by atoms with E-state index in [1.165, 1.54) is 19.3 Å². The summed E-state index contributed by atoms with van der Waals surface area (Å²) < 4.78 is 5.74. The predicted molar refractivity (Wildman–Crippen MR) is 55.6 cm³/mol. The van der Waals surface area contributed by atoms with Crippen LogP contribution >= 0.6 is 0 Å². The van der Waals surface area contributed by atoms with Crippen LogP contribution in [0.25, 0.3) is 0 Å². The van der Waals surface area contributed by atoms with Gasteiger partial charge in [0.2, 0.25) is 0 Å². The van der Waals surface area contributed by atoms with Crippen LogP contribution in [0.3, 0.4) is 0 Å². The van der Waals surface area contributed by atoms with E-state index in [1.807, 2.05) is 0 Å². The van der Waals surface area contributed by atoms with Crippen LogP contribution in [-0.2, 0) is 4.74 Å². The van der Waals surface area contributed by atoms with Crippen LogP contribution in [0, 0.1) is 5.92 Å². The van der Waals surface area contributed by atoms with Crippen molar-refractivity contribution in [3.8, 4) is 0 Å². The summed E-state index contributed by atoms with van der Waals surface area (Å²) in [6, 6.07) is 0.398. The number of hydrogen-bond acceptors (Lipinski definition) is 2. The summed E-state index contributed by atoms with van der Waals surface area (Å²) in [5.74, 6) is 0.800. The Labute approximate surface area is 81.8 Å². The first-order chi connectivity index (χ1) is 6.18. The molecule has 1 aliphatic carbocycles. The van der Waals surface area contributed by atoms with Crippen molar-refractivity contribution in [2.45, 2.75) is 58.1 Å². The van der Waals surface area contributed by atoms with E-state index in [4.69, 9.17) is 10.5 Å². The van der Waals surface area contributed by atoms with Gasteiger partial charge in [0.25, 0.3) is 0 Å². The zero-order valence-electron chi connectivity index (χ0n) is 8.96. The Hall–Kier alpha value is -0.0800. The second kappa shape index (κ2) is 5.61. The summed E-state index contributed by atoms with van der Waals surface area (Å²) >= 11 is 0. The van der Waals surface area contributed by atoms with E-state index in [0.29, 0.717) is 12.1 Å². The molecule has 1 fully saturated rings. The molecule has 0 aromatic carbocycles. The van der Waals surface area contributed by atoms with Gasteiger partial charge in [0, 0.05) is 12.6 Å². The van der Waals surface area contributed by atoms with Crippen molar-refractivity contribution in [3.05, 3.63) is 0 Å². The highest BCUT2D eigenvalue weighted by atomic mass is 16.5. The van der Waals surface area contributed by atoms with Gasteiger partial charge in [0.05, 0.1) is 6.10 Å². The first-order valence-electron chi connectivity index (χ1n) is 5.55. The molecule has 2 nitrogen and oxygen atoms in total. The minimum atomic E-state index is 0.398. The zero-order valence-corrected chi connectivity index (χ0v) is 8.96. The quantitative estimate of drug-likeness (QED) is 0.667. The van der Waals surface area contributed by atoms with Gasteiger partial charge in [-0.25, -0.2) is 0 Å². The molecule has 0 aromatic heterocycles. The van der Waals surface area contributed by atoms with Crippen LogP contribution in [0.15, 0.2) is 0 Å². The second-order valence-corrected chi connectivity index (χ2v) is 4.60. The second-order valence-electron chi connectivity index (χ2n) is 4.60. The summed E-state index contributed by atoms with van der Waals surface area (Å²) in [5.41, 5.74) is 5.80. The molecule has 1 saturated carbocycles. The molecule has 0 amide bonds. The van der Waals surface area contributed by atoms with Crippen LogP contribution in [0.2, 0.25) is 0 Å². The molecule has 1 rings (SSSR count). The molecule has 2 N–H and O–H groups in total. The maximum atomic E-state index is 5.80. The van der Waals surface area contributed by atoms with Gasteiger partial charge in [-0.2, -0.15) is 0 Å². The van der Waals surface area contributed by atoms with Crippen LogP contribution in [0.4, 0.5) is 0 Å². The van der Waals surface area contributed by atoms with Gasteiger partial charge in [-0.1, -0.05) is 13.8 Å². The third-order valence-corrected chi connectivity index (χ3v) is 2.70. The molecular weight excluding hydrogens is 162 g/mol. The average Bonchev–Trinajstić information content (AvgIpc) is 2.45.